The summed E-state index contributed by atoms with van der Waals surface area (Å²) in [6.45, 7) is 6.63. The van der Waals surface area contributed by atoms with Gasteiger partial charge in [0.25, 0.3) is 0 Å². The van der Waals surface area contributed by atoms with E-state index in [0.717, 1.165) is 57.8 Å². The number of urea groups is 1. The van der Waals surface area contributed by atoms with Gasteiger partial charge in [0.05, 0.1) is 0 Å². The number of hydrogen-bond donors (Lipinski definition) is 2. The molecular formula is C23H32N6O. The summed E-state index contributed by atoms with van der Waals surface area (Å²) in [6, 6.07) is 11.0. The van der Waals surface area contributed by atoms with E-state index in [9.17, 15) is 4.79 Å². The van der Waals surface area contributed by atoms with E-state index in [1.54, 1.807) is 12.4 Å². The first-order valence-electron chi connectivity index (χ1n) is 11.1. The van der Waals surface area contributed by atoms with Crippen molar-refractivity contribution in [2.24, 2.45) is 0 Å². The minimum Gasteiger partial charge on any atom is -0.341 e. The van der Waals surface area contributed by atoms with E-state index < -0.39 is 0 Å². The third-order valence-corrected chi connectivity index (χ3v) is 6.31. The van der Waals surface area contributed by atoms with Crippen LogP contribution >= 0.6 is 0 Å². The van der Waals surface area contributed by atoms with Gasteiger partial charge in [-0.15, -0.1) is 0 Å². The predicted molar refractivity (Wildman–Crippen MR) is 118 cm³/mol. The number of carbonyl (C=O) groups excluding carboxylic acids is 1. The van der Waals surface area contributed by atoms with Crippen molar-refractivity contribution in [2.75, 3.05) is 31.1 Å². The SMILES string of the molecule is CCC(CNC(=O)NC1CCN(c2ncccn2)CC1)N1CCc2ccccc2C1. The first-order valence-corrected chi connectivity index (χ1v) is 11.1. The second-order valence-electron chi connectivity index (χ2n) is 8.22. The van der Waals surface area contributed by atoms with Crippen LogP contribution in [0.4, 0.5) is 10.7 Å². The summed E-state index contributed by atoms with van der Waals surface area (Å²) in [5, 5.41) is 6.27. The number of carbonyl (C=O) groups is 1. The van der Waals surface area contributed by atoms with Crippen LogP contribution in [0.1, 0.15) is 37.3 Å². The molecule has 1 saturated heterocycles. The zero-order chi connectivity index (χ0) is 20.8. The highest BCUT2D eigenvalue weighted by molar-refractivity contribution is 5.74. The monoisotopic (exact) mass is 408 g/mol. The van der Waals surface area contributed by atoms with Crippen molar-refractivity contribution in [1.29, 1.82) is 0 Å². The third kappa shape index (κ3) is 5.08. The molecule has 0 bridgehead atoms. The maximum Gasteiger partial charge on any atom is 0.315 e. The van der Waals surface area contributed by atoms with Crippen LogP contribution in [-0.2, 0) is 13.0 Å². The van der Waals surface area contributed by atoms with Crippen molar-refractivity contribution in [2.45, 2.75) is 51.2 Å². The Kier molecular flexibility index (Phi) is 6.79. The van der Waals surface area contributed by atoms with Crippen LogP contribution in [0, 0.1) is 0 Å². The zero-order valence-electron chi connectivity index (χ0n) is 17.8. The van der Waals surface area contributed by atoms with Crippen LogP contribution in [0.2, 0.25) is 0 Å². The van der Waals surface area contributed by atoms with E-state index in [2.05, 4.69) is 61.6 Å². The normalized spacial score (nSPS) is 18.5. The summed E-state index contributed by atoms with van der Waals surface area (Å²) >= 11 is 0. The van der Waals surface area contributed by atoms with Gasteiger partial charge in [-0.2, -0.15) is 0 Å². The summed E-state index contributed by atoms with van der Waals surface area (Å²) in [6.07, 6.45) is 7.47. The van der Waals surface area contributed by atoms with Gasteiger partial charge in [-0.05, 0) is 42.9 Å². The average molecular weight is 409 g/mol. The molecule has 0 aliphatic carbocycles. The summed E-state index contributed by atoms with van der Waals surface area (Å²) in [4.78, 5) is 25.8. The number of benzene rings is 1. The number of hydrogen-bond acceptors (Lipinski definition) is 5. The maximum absolute atomic E-state index is 12.5. The number of fused-ring (bicyclic) bond motifs is 1. The molecule has 0 spiro atoms. The molecule has 1 fully saturated rings. The van der Waals surface area contributed by atoms with E-state index in [-0.39, 0.29) is 12.1 Å². The van der Waals surface area contributed by atoms with Gasteiger partial charge >= 0.3 is 6.03 Å². The highest BCUT2D eigenvalue weighted by atomic mass is 16.2. The van der Waals surface area contributed by atoms with Crippen LogP contribution in [-0.4, -0.2) is 59.2 Å². The van der Waals surface area contributed by atoms with Crippen LogP contribution in [0.3, 0.4) is 0 Å². The van der Waals surface area contributed by atoms with E-state index in [1.165, 1.54) is 11.1 Å². The van der Waals surface area contributed by atoms with E-state index in [0.29, 0.717) is 12.6 Å². The summed E-state index contributed by atoms with van der Waals surface area (Å²) < 4.78 is 0. The lowest BCUT2D eigenvalue weighted by Crippen LogP contribution is -2.51. The molecule has 2 aliphatic rings. The number of amides is 2. The average Bonchev–Trinajstić information content (AvgIpc) is 2.80. The molecule has 2 amide bonds. The molecule has 1 atom stereocenters. The number of piperidine rings is 1. The molecule has 1 unspecified atom stereocenters. The molecule has 30 heavy (non-hydrogen) atoms. The lowest BCUT2D eigenvalue weighted by Gasteiger charge is -2.35. The number of rotatable bonds is 6. The molecule has 0 radical (unpaired) electrons. The highest BCUT2D eigenvalue weighted by Crippen LogP contribution is 2.21. The number of nitrogens with one attached hydrogen (secondary N) is 2. The Morgan fingerprint density at radius 3 is 2.57 bits per heavy atom. The van der Waals surface area contributed by atoms with Gasteiger partial charge in [-0.25, -0.2) is 14.8 Å². The van der Waals surface area contributed by atoms with E-state index in [1.807, 2.05) is 6.07 Å². The quantitative estimate of drug-likeness (QED) is 0.769. The first-order chi connectivity index (χ1) is 14.7. The third-order valence-electron chi connectivity index (χ3n) is 6.31. The maximum atomic E-state index is 12.5. The molecule has 0 saturated carbocycles. The number of aromatic nitrogens is 2. The van der Waals surface area contributed by atoms with Crippen LogP contribution in [0.25, 0.3) is 0 Å². The Balaban J connectivity index is 1.21. The molecule has 7 heteroatoms. The van der Waals surface area contributed by atoms with Crippen molar-refractivity contribution in [1.82, 2.24) is 25.5 Å². The minimum atomic E-state index is -0.0553. The van der Waals surface area contributed by atoms with Crippen LogP contribution < -0.4 is 15.5 Å². The molecule has 2 N–H and O–H groups in total. The lowest BCUT2D eigenvalue weighted by molar-refractivity contribution is 0.168. The fraction of sp³-hybridized carbons (Fsp3) is 0.522. The van der Waals surface area contributed by atoms with Gasteiger partial charge < -0.3 is 15.5 Å². The van der Waals surface area contributed by atoms with Gasteiger partial charge in [-0.1, -0.05) is 31.2 Å². The Bertz CT molecular complexity index is 821. The smallest absolute Gasteiger partial charge is 0.315 e. The predicted octanol–water partition coefficient (Wildman–Crippen LogP) is 2.58. The standard InChI is InChI=1S/C23H32N6O/c1-2-21(29-13-8-18-6-3-4-7-19(18)17-29)16-26-23(30)27-20-9-14-28(15-10-20)22-24-11-5-12-25-22/h3-7,11-12,20-21H,2,8-10,13-17H2,1H3,(H2,26,27,30). The molecule has 7 nitrogen and oxygen atoms in total. The van der Waals surface area contributed by atoms with Crippen molar-refractivity contribution in [3.63, 3.8) is 0 Å². The van der Waals surface area contributed by atoms with E-state index in [4.69, 9.17) is 0 Å². The molecule has 3 heterocycles. The molecule has 2 aromatic rings. The summed E-state index contributed by atoms with van der Waals surface area (Å²) in [5.41, 5.74) is 2.88. The van der Waals surface area contributed by atoms with Crippen LogP contribution in [0.15, 0.2) is 42.7 Å². The fourth-order valence-electron chi connectivity index (χ4n) is 4.49. The second kappa shape index (κ2) is 9.89. The topological polar surface area (TPSA) is 73.4 Å². The van der Waals surface area contributed by atoms with Gasteiger partial charge in [-0.3, -0.25) is 4.90 Å². The minimum absolute atomic E-state index is 0.0553. The summed E-state index contributed by atoms with van der Waals surface area (Å²) in [5.74, 6) is 0.772. The van der Waals surface area contributed by atoms with Crippen molar-refractivity contribution in [3.05, 3.63) is 53.9 Å². The molecular weight excluding hydrogens is 376 g/mol. The van der Waals surface area contributed by atoms with Crippen molar-refractivity contribution < 1.29 is 4.79 Å². The molecule has 2 aliphatic heterocycles. The number of nitrogens with zero attached hydrogens (tertiary/aromatic N) is 4. The Morgan fingerprint density at radius 2 is 1.83 bits per heavy atom. The van der Waals surface area contributed by atoms with Gasteiger partial charge in [0.15, 0.2) is 0 Å². The Morgan fingerprint density at radius 1 is 1.10 bits per heavy atom. The summed E-state index contributed by atoms with van der Waals surface area (Å²) in [7, 11) is 0. The Hall–Kier alpha value is -2.67. The zero-order valence-corrected chi connectivity index (χ0v) is 17.8. The van der Waals surface area contributed by atoms with Crippen molar-refractivity contribution >= 4 is 12.0 Å². The van der Waals surface area contributed by atoms with E-state index >= 15 is 0 Å². The van der Waals surface area contributed by atoms with Gasteiger partial charge in [0.1, 0.15) is 0 Å². The van der Waals surface area contributed by atoms with Crippen molar-refractivity contribution in [3.8, 4) is 0 Å². The second-order valence-corrected chi connectivity index (χ2v) is 8.22. The van der Waals surface area contributed by atoms with Crippen LogP contribution in [0.5, 0.6) is 0 Å². The number of anilines is 1. The molecule has 4 rings (SSSR count). The Labute approximate surface area is 178 Å². The molecule has 1 aromatic carbocycles. The molecule has 160 valence electrons. The lowest BCUT2D eigenvalue weighted by atomic mass is 9.98. The highest BCUT2D eigenvalue weighted by Gasteiger charge is 2.24. The molecule has 1 aromatic heterocycles. The van der Waals surface area contributed by atoms with Gasteiger partial charge in [0, 0.05) is 57.2 Å². The first kappa shape index (κ1) is 20.6. The van der Waals surface area contributed by atoms with Gasteiger partial charge in [0.2, 0.25) is 5.95 Å². The largest absolute Gasteiger partial charge is 0.341 e. The fourth-order valence-corrected chi connectivity index (χ4v) is 4.49.